The predicted octanol–water partition coefficient (Wildman–Crippen LogP) is 3.84. The summed E-state index contributed by atoms with van der Waals surface area (Å²) < 4.78 is 5.22. The lowest BCUT2D eigenvalue weighted by molar-refractivity contribution is -0.127. The molecular weight excluding hydrogens is 418 g/mol. The number of carbonyl (C=O) groups excluding carboxylic acids is 3. The number of benzene rings is 2. The van der Waals surface area contributed by atoms with Gasteiger partial charge in [-0.25, -0.2) is 0 Å². The molecule has 7 nitrogen and oxygen atoms in total. The van der Waals surface area contributed by atoms with Crippen molar-refractivity contribution in [1.29, 1.82) is 0 Å². The zero-order chi connectivity index (χ0) is 23.5. The summed E-state index contributed by atoms with van der Waals surface area (Å²) in [7, 11) is 1.62. The number of fused-ring (bicyclic) bond motifs is 2. The molecule has 0 bridgehead atoms. The largest absolute Gasteiger partial charge is 0.497 e. The normalized spacial score (nSPS) is 19.9. The molecular formula is C26H31N3O4. The number of amides is 3. The third-order valence-corrected chi connectivity index (χ3v) is 6.80. The van der Waals surface area contributed by atoms with Crippen molar-refractivity contribution < 1.29 is 19.1 Å². The highest BCUT2D eigenvalue weighted by Crippen LogP contribution is 2.32. The van der Waals surface area contributed by atoms with Gasteiger partial charge < -0.3 is 20.3 Å². The van der Waals surface area contributed by atoms with Crippen LogP contribution >= 0.6 is 0 Å². The first-order valence-electron chi connectivity index (χ1n) is 11.7. The number of anilines is 1. The van der Waals surface area contributed by atoms with Crippen LogP contribution in [0.15, 0.2) is 42.5 Å². The summed E-state index contributed by atoms with van der Waals surface area (Å²) in [4.78, 5) is 40.7. The van der Waals surface area contributed by atoms with E-state index in [1.54, 1.807) is 18.1 Å². The van der Waals surface area contributed by atoms with E-state index >= 15 is 0 Å². The van der Waals surface area contributed by atoms with Crippen molar-refractivity contribution in [3.8, 4) is 16.9 Å². The third kappa shape index (κ3) is 4.58. The van der Waals surface area contributed by atoms with Crippen LogP contribution in [-0.4, -0.2) is 48.4 Å². The van der Waals surface area contributed by atoms with Crippen LogP contribution in [-0.2, 0) is 9.59 Å². The van der Waals surface area contributed by atoms with Gasteiger partial charge in [0.05, 0.1) is 18.4 Å². The van der Waals surface area contributed by atoms with Gasteiger partial charge in [0.2, 0.25) is 11.8 Å². The Labute approximate surface area is 194 Å². The molecule has 4 rings (SSSR count). The number of hydrogen-bond donors (Lipinski definition) is 2. The summed E-state index contributed by atoms with van der Waals surface area (Å²) in [6.07, 6.45) is 2.63. The lowest BCUT2D eigenvalue weighted by Crippen LogP contribution is -2.55. The maximum atomic E-state index is 13.5. The highest BCUT2D eigenvalue weighted by atomic mass is 16.5. The van der Waals surface area contributed by atoms with Crippen molar-refractivity contribution in [2.45, 2.75) is 51.6 Å². The highest BCUT2D eigenvalue weighted by Gasteiger charge is 2.40. The second-order valence-corrected chi connectivity index (χ2v) is 8.74. The quantitative estimate of drug-likeness (QED) is 0.701. The number of nitrogens with zero attached hydrogens (tertiary/aromatic N) is 1. The number of methoxy groups -OCH3 is 1. The Bertz CT molecular complexity index is 1050. The Balaban J connectivity index is 1.55. The number of ether oxygens (including phenoxy) is 1. The van der Waals surface area contributed by atoms with Gasteiger partial charge in [-0.05, 0) is 61.1 Å². The van der Waals surface area contributed by atoms with E-state index in [1.165, 1.54) is 0 Å². The molecule has 2 aliphatic heterocycles. The van der Waals surface area contributed by atoms with Gasteiger partial charge in [-0.1, -0.05) is 32.0 Å². The molecule has 2 aromatic carbocycles. The van der Waals surface area contributed by atoms with E-state index in [2.05, 4.69) is 10.6 Å². The van der Waals surface area contributed by atoms with Crippen LogP contribution in [0.5, 0.6) is 5.75 Å². The van der Waals surface area contributed by atoms with E-state index in [0.29, 0.717) is 30.6 Å². The molecule has 174 valence electrons. The number of carbonyl (C=O) groups is 3. The van der Waals surface area contributed by atoms with Gasteiger partial charge in [0.1, 0.15) is 11.8 Å². The van der Waals surface area contributed by atoms with Gasteiger partial charge in [0.25, 0.3) is 5.91 Å². The summed E-state index contributed by atoms with van der Waals surface area (Å²) in [5, 5.41) is 6.04. The third-order valence-electron chi connectivity index (χ3n) is 6.80. The minimum Gasteiger partial charge on any atom is -0.497 e. The maximum Gasteiger partial charge on any atom is 0.256 e. The number of hydrogen-bond acceptors (Lipinski definition) is 4. The Morgan fingerprint density at radius 3 is 2.48 bits per heavy atom. The van der Waals surface area contributed by atoms with Crippen LogP contribution in [0.3, 0.4) is 0 Å². The first kappa shape index (κ1) is 22.8. The molecule has 2 aliphatic rings. The summed E-state index contributed by atoms with van der Waals surface area (Å²) in [6.45, 7) is 4.44. The minimum atomic E-state index is -0.602. The first-order chi connectivity index (χ1) is 15.9. The topological polar surface area (TPSA) is 87.7 Å². The van der Waals surface area contributed by atoms with Gasteiger partial charge in [0, 0.05) is 18.5 Å². The Morgan fingerprint density at radius 1 is 1.12 bits per heavy atom. The molecule has 3 amide bonds. The minimum absolute atomic E-state index is 0.0201. The van der Waals surface area contributed by atoms with E-state index < -0.39 is 6.04 Å². The van der Waals surface area contributed by atoms with Crippen LogP contribution < -0.4 is 15.4 Å². The molecule has 2 atom stereocenters. The monoisotopic (exact) mass is 449 g/mol. The number of nitrogens with one attached hydrogen (secondary N) is 2. The van der Waals surface area contributed by atoms with Crippen molar-refractivity contribution in [2.75, 3.05) is 19.0 Å². The summed E-state index contributed by atoms with van der Waals surface area (Å²) in [6, 6.07) is 12.4. The summed E-state index contributed by atoms with van der Waals surface area (Å²) in [5.74, 6) is 0.410. The van der Waals surface area contributed by atoms with Gasteiger partial charge in [-0.3, -0.25) is 14.4 Å². The fourth-order valence-corrected chi connectivity index (χ4v) is 4.73. The average molecular weight is 450 g/mol. The second kappa shape index (κ2) is 9.65. The van der Waals surface area contributed by atoms with Crippen LogP contribution in [0.1, 0.15) is 49.9 Å². The van der Waals surface area contributed by atoms with Crippen LogP contribution in [0.2, 0.25) is 0 Å². The molecule has 0 aromatic heterocycles. The predicted molar refractivity (Wildman–Crippen MR) is 127 cm³/mol. The van der Waals surface area contributed by atoms with E-state index in [0.717, 1.165) is 29.7 Å². The van der Waals surface area contributed by atoms with Crippen molar-refractivity contribution in [2.24, 2.45) is 5.92 Å². The number of piperidine rings is 1. The maximum absolute atomic E-state index is 13.5. The molecule has 2 N–H and O–H groups in total. The standard InChI is InChI=1S/C26H31N3O4/c1-4-16(5-2)24(30)27-19-12-13-29-23(15-19)25(31)28-22-11-8-18(14-21(22)26(29)32)17-6-9-20(33-3)10-7-17/h6-11,14,16,19,23H,4-5,12-13,15H2,1-3H3,(H,27,30)(H,28,31)/t19-,23+/m1/s1. The lowest BCUT2D eigenvalue weighted by atomic mass is 9.94. The van der Waals surface area contributed by atoms with Crippen LogP contribution in [0.25, 0.3) is 11.1 Å². The molecule has 7 heteroatoms. The zero-order valence-corrected chi connectivity index (χ0v) is 19.4. The molecule has 0 aliphatic carbocycles. The Morgan fingerprint density at radius 2 is 1.82 bits per heavy atom. The molecule has 2 aromatic rings. The van der Waals surface area contributed by atoms with Crippen molar-refractivity contribution in [3.63, 3.8) is 0 Å². The molecule has 0 saturated carbocycles. The van der Waals surface area contributed by atoms with Crippen molar-refractivity contribution in [3.05, 3.63) is 48.0 Å². The Kier molecular flexibility index (Phi) is 6.67. The fraction of sp³-hybridized carbons (Fsp3) is 0.423. The molecule has 0 spiro atoms. The van der Waals surface area contributed by atoms with Gasteiger partial charge in [-0.2, -0.15) is 0 Å². The molecule has 2 heterocycles. The summed E-state index contributed by atoms with van der Waals surface area (Å²) >= 11 is 0. The van der Waals surface area contributed by atoms with Gasteiger partial charge in [0.15, 0.2) is 0 Å². The number of rotatable bonds is 6. The van der Waals surface area contributed by atoms with E-state index in [1.807, 2.05) is 50.2 Å². The molecule has 33 heavy (non-hydrogen) atoms. The van der Waals surface area contributed by atoms with Gasteiger partial charge >= 0.3 is 0 Å². The van der Waals surface area contributed by atoms with E-state index in [9.17, 15) is 14.4 Å². The second-order valence-electron chi connectivity index (χ2n) is 8.74. The summed E-state index contributed by atoms with van der Waals surface area (Å²) in [5.41, 5.74) is 2.86. The Hall–Kier alpha value is -3.35. The molecule has 0 unspecified atom stereocenters. The zero-order valence-electron chi connectivity index (χ0n) is 19.4. The molecule has 1 fully saturated rings. The fourth-order valence-electron chi connectivity index (χ4n) is 4.73. The van der Waals surface area contributed by atoms with Crippen molar-refractivity contribution in [1.82, 2.24) is 10.2 Å². The first-order valence-corrected chi connectivity index (χ1v) is 11.7. The SMILES string of the molecule is CCC(CC)C(=O)N[C@@H]1CCN2C(=O)c3cc(-c4ccc(OC)cc4)ccc3NC(=O)[C@@H]2C1. The van der Waals surface area contributed by atoms with Crippen molar-refractivity contribution >= 4 is 23.4 Å². The highest BCUT2D eigenvalue weighted by molar-refractivity contribution is 6.10. The molecule has 1 saturated heterocycles. The van der Waals surface area contributed by atoms with Crippen LogP contribution in [0.4, 0.5) is 5.69 Å². The smallest absolute Gasteiger partial charge is 0.256 e. The van der Waals surface area contributed by atoms with E-state index in [-0.39, 0.29) is 29.7 Å². The lowest BCUT2D eigenvalue weighted by Gasteiger charge is -2.37. The molecule has 0 radical (unpaired) electrons. The van der Waals surface area contributed by atoms with Crippen LogP contribution in [0, 0.1) is 5.92 Å². The average Bonchev–Trinajstić information content (AvgIpc) is 2.94. The van der Waals surface area contributed by atoms with Gasteiger partial charge in [-0.15, -0.1) is 0 Å². The van der Waals surface area contributed by atoms with E-state index in [4.69, 9.17) is 4.74 Å².